The van der Waals surface area contributed by atoms with Crippen molar-refractivity contribution in [3.05, 3.63) is 0 Å². The molecule has 0 aromatic heterocycles. The number of hydrogen-bond acceptors (Lipinski definition) is 5. The number of carboxylic acid groups (broad SMARTS) is 1. The summed E-state index contributed by atoms with van der Waals surface area (Å²) in [6.45, 7) is 11.0. The topological polar surface area (TPSA) is 89.9 Å². The third-order valence-corrected chi connectivity index (χ3v) is 10.1. The maximum Gasteiger partial charge on any atom is 0.310 e. The Bertz CT molecular complexity index is 744. The Morgan fingerprint density at radius 2 is 1.57 bits per heavy atom. The molecule has 0 amide bonds. The van der Waals surface area contributed by atoms with Gasteiger partial charge in [-0.15, -0.1) is 0 Å². The number of hydrogen-bond donors (Lipinski definition) is 1. The highest BCUT2D eigenvalue weighted by molar-refractivity contribution is 5.84. The SMILES string of the molecule is CC1C(C)C2CC1C(C(=O)OCCC(=O)O)C2C(=O)OC1CC2CCC1(C)C2(C)C. The first-order valence-corrected chi connectivity index (χ1v) is 11.6. The Labute approximate surface area is 179 Å². The molecule has 9 atom stereocenters. The lowest BCUT2D eigenvalue weighted by Gasteiger charge is -2.40. The van der Waals surface area contributed by atoms with Crippen LogP contribution in [-0.2, 0) is 23.9 Å². The fourth-order valence-corrected chi connectivity index (χ4v) is 7.51. The highest BCUT2D eigenvalue weighted by Gasteiger charge is 2.65. The Balaban J connectivity index is 1.50. The van der Waals surface area contributed by atoms with E-state index in [1.807, 2.05) is 0 Å². The summed E-state index contributed by atoms with van der Waals surface area (Å²) < 4.78 is 11.5. The molecule has 6 heteroatoms. The number of esters is 2. The van der Waals surface area contributed by atoms with Gasteiger partial charge in [-0.1, -0.05) is 34.6 Å². The quantitative estimate of drug-likeness (QED) is 0.655. The molecule has 4 bridgehead atoms. The van der Waals surface area contributed by atoms with Gasteiger partial charge < -0.3 is 14.6 Å². The zero-order chi connectivity index (χ0) is 22.0. The summed E-state index contributed by atoms with van der Waals surface area (Å²) in [4.78, 5) is 37.1. The zero-order valence-corrected chi connectivity index (χ0v) is 18.8. The van der Waals surface area contributed by atoms with E-state index >= 15 is 0 Å². The first kappa shape index (κ1) is 21.6. The molecule has 0 heterocycles. The van der Waals surface area contributed by atoms with E-state index in [0.29, 0.717) is 17.8 Å². The van der Waals surface area contributed by atoms with E-state index in [1.165, 1.54) is 6.42 Å². The van der Waals surface area contributed by atoms with E-state index in [-0.39, 0.29) is 47.8 Å². The van der Waals surface area contributed by atoms with E-state index in [9.17, 15) is 14.4 Å². The van der Waals surface area contributed by atoms with Crippen LogP contribution < -0.4 is 0 Å². The molecular formula is C24H36O6. The van der Waals surface area contributed by atoms with Crippen LogP contribution in [0.25, 0.3) is 0 Å². The van der Waals surface area contributed by atoms with Crippen molar-refractivity contribution >= 4 is 17.9 Å². The molecule has 4 fully saturated rings. The van der Waals surface area contributed by atoms with Crippen molar-refractivity contribution < 1.29 is 29.0 Å². The summed E-state index contributed by atoms with van der Waals surface area (Å²) >= 11 is 0. The number of carbonyl (C=O) groups is 3. The normalized spacial score (nSPS) is 45.5. The minimum Gasteiger partial charge on any atom is -0.481 e. The summed E-state index contributed by atoms with van der Waals surface area (Å²) in [5.74, 6) is -1.12. The summed E-state index contributed by atoms with van der Waals surface area (Å²) in [6.07, 6.45) is 3.72. The minimum atomic E-state index is -0.999. The van der Waals surface area contributed by atoms with Crippen molar-refractivity contribution in [2.45, 2.75) is 72.8 Å². The van der Waals surface area contributed by atoms with Gasteiger partial charge in [-0.2, -0.15) is 0 Å². The van der Waals surface area contributed by atoms with Crippen molar-refractivity contribution in [1.29, 1.82) is 0 Å². The minimum absolute atomic E-state index is 0.0126. The largest absolute Gasteiger partial charge is 0.481 e. The molecule has 0 radical (unpaired) electrons. The number of ether oxygens (including phenoxy) is 2. The van der Waals surface area contributed by atoms with E-state index in [4.69, 9.17) is 14.6 Å². The number of aliphatic carboxylic acids is 1. The van der Waals surface area contributed by atoms with Crippen molar-refractivity contribution in [2.75, 3.05) is 6.61 Å². The van der Waals surface area contributed by atoms with E-state index in [2.05, 4.69) is 34.6 Å². The molecule has 9 unspecified atom stereocenters. The smallest absolute Gasteiger partial charge is 0.310 e. The number of carboxylic acids is 1. The molecule has 0 saturated heterocycles. The summed E-state index contributed by atoms with van der Waals surface area (Å²) in [7, 11) is 0. The number of fused-ring (bicyclic) bond motifs is 4. The third kappa shape index (κ3) is 3.00. The first-order chi connectivity index (χ1) is 14.0. The molecule has 0 spiro atoms. The predicted octanol–water partition coefficient (Wildman–Crippen LogP) is 3.92. The first-order valence-electron chi connectivity index (χ1n) is 11.6. The van der Waals surface area contributed by atoms with Gasteiger partial charge in [0, 0.05) is 5.41 Å². The Hall–Kier alpha value is -1.59. The molecule has 4 rings (SSSR count). The average molecular weight is 421 g/mol. The van der Waals surface area contributed by atoms with Crippen molar-refractivity contribution in [1.82, 2.24) is 0 Å². The molecule has 4 aliphatic rings. The highest BCUT2D eigenvalue weighted by Crippen LogP contribution is 2.67. The van der Waals surface area contributed by atoms with Gasteiger partial charge in [0.1, 0.15) is 12.7 Å². The van der Waals surface area contributed by atoms with Crippen LogP contribution in [0.4, 0.5) is 0 Å². The Morgan fingerprint density at radius 1 is 0.967 bits per heavy atom. The highest BCUT2D eigenvalue weighted by atomic mass is 16.6. The van der Waals surface area contributed by atoms with Crippen LogP contribution in [0, 0.1) is 52.3 Å². The second-order valence-corrected chi connectivity index (χ2v) is 11.2. The average Bonchev–Trinajstić information content (AvgIpc) is 3.31. The number of carbonyl (C=O) groups excluding carboxylic acids is 2. The van der Waals surface area contributed by atoms with E-state index in [1.54, 1.807) is 0 Å². The second-order valence-electron chi connectivity index (χ2n) is 11.2. The third-order valence-electron chi connectivity index (χ3n) is 10.1. The van der Waals surface area contributed by atoms with Gasteiger partial charge in [-0.25, -0.2) is 0 Å². The lowest BCUT2D eigenvalue weighted by Crippen LogP contribution is -2.45. The van der Waals surface area contributed by atoms with Crippen molar-refractivity contribution in [3.8, 4) is 0 Å². The van der Waals surface area contributed by atoms with Gasteiger partial charge in [-0.3, -0.25) is 14.4 Å². The van der Waals surface area contributed by atoms with E-state index < -0.39 is 23.8 Å². The van der Waals surface area contributed by atoms with E-state index in [0.717, 1.165) is 19.3 Å². The van der Waals surface area contributed by atoms with Crippen LogP contribution >= 0.6 is 0 Å². The molecule has 168 valence electrons. The van der Waals surface area contributed by atoms with Crippen LogP contribution in [0.5, 0.6) is 0 Å². The van der Waals surface area contributed by atoms with Crippen LogP contribution in [0.1, 0.15) is 66.7 Å². The second kappa shape index (κ2) is 7.23. The molecule has 1 N–H and O–H groups in total. The number of rotatable bonds is 6. The standard InChI is InChI=1S/C24H36O6/c1-12-13(2)16-11-15(12)19(21(27)29-9-7-18(25)26)20(16)22(28)30-17-10-14-6-8-24(17,5)23(14,3)4/h12-17,19-20H,6-11H2,1-5H3,(H,25,26). The molecule has 0 aliphatic heterocycles. The van der Waals surface area contributed by atoms with Crippen LogP contribution in [0.3, 0.4) is 0 Å². The molecule has 6 nitrogen and oxygen atoms in total. The fraction of sp³-hybridized carbons (Fsp3) is 0.875. The van der Waals surface area contributed by atoms with Gasteiger partial charge in [0.05, 0.1) is 18.3 Å². The van der Waals surface area contributed by atoms with Gasteiger partial charge in [0.25, 0.3) is 0 Å². The molecule has 30 heavy (non-hydrogen) atoms. The molecule has 4 aliphatic carbocycles. The van der Waals surface area contributed by atoms with Gasteiger partial charge >= 0.3 is 17.9 Å². The predicted molar refractivity (Wildman–Crippen MR) is 109 cm³/mol. The van der Waals surface area contributed by atoms with Crippen molar-refractivity contribution in [3.63, 3.8) is 0 Å². The maximum atomic E-state index is 13.4. The zero-order valence-electron chi connectivity index (χ0n) is 18.8. The monoisotopic (exact) mass is 420 g/mol. The maximum absolute atomic E-state index is 13.4. The molecule has 0 aromatic carbocycles. The molecule has 0 aromatic rings. The molecular weight excluding hydrogens is 384 g/mol. The van der Waals surface area contributed by atoms with Crippen molar-refractivity contribution in [2.24, 2.45) is 52.3 Å². The van der Waals surface area contributed by atoms with Gasteiger partial charge in [0.2, 0.25) is 0 Å². The summed E-state index contributed by atoms with van der Waals surface area (Å²) in [6, 6.07) is 0. The van der Waals surface area contributed by atoms with Gasteiger partial charge in [0.15, 0.2) is 0 Å². The Kier molecular flexibility index (Phi) is 5.22. The Morgan fingerprint density at radius 3 is 2.07 bits per heavy atom. The van der Waals surface area contributed by atoms with Crippen LogP contribution in [-0.4, -0.2) is 35.7 Å². The lowest BCUT2D eigenvalue weighted by atomic mass is 9.69. The summed E-state index contributed by atoms with van der Waals surface area (Å²) in [5.41, 5.74) is 0.144. The van der Waals surface area contributed by atoms with Crippen LogP contribution in [0.15, 0.2) is 0 Å². The van der Waals surface area contributed by atoms with Crippen LogP contribution in [0.2, 0.25) is 0 Å². The molecule has 4 saturated carbocycles. The fourth-order valence-electron chi connectivity index (χ4n) is 7.51. The van der Waals surface area contributed by atoms with Gasteiger partial charge in [-0.05, 0) is 60.7 Å². The summed E-state index contributed by atoms with van der Waals surface area (Å²) in [5, 5.41) is 8.83. The lowest BCUT2D eigenvalue weighted by molar-refractivity contribution is -0.174.